The number of halogens is 1. The fraction of sp³-hybridized carbons (Fsp3) is 0.286. The van der Waals surface area contributed by atoms with Gasteiger partial charge in [0.2, 0.25) is 0 Å². The molecule has 1 aromatic heterocycles. The van der Waals surface area contributed by atoms with Crippen molar-refractivity contribution in [2.75, 3.05) is 0 Å². The van der Waals surface area contributed by atoms with Crippen LogP contribution in [0.3, 0.4) is 0 Å². The fourth-order valence-electron chi connectivity index (χ4n) is 2.76. The van der Waals surface area contributed by atoms with Crippen molar-refractivity contribution in [2.45, 2.75) is 33.0 Å². The predicted octanol–water partition coefficient (Wildman–Crippen LogP) is 3.77. The van der Waals surface area contributed by atoms with E-state index in [2.05, 4.69) is 39.9 Å². The molecule has 1 atom stereocenters. The van der Waals surface area contributed by atoms with Crippen LogP contribution in [-0.2, 0) is 20.1 Å². The van der Waals surface area contributed by atoms with Crippen molar-refractivity contribution in [3.8, 4) is 0 Å². The highest BCUT2D eigenvalue weighted by molar-refractivity contribution is 6.30. The second-order valence-electron chi connectivity index (χ2n) is 6.65. The van der Waals surface area contributed by atoms with Gasteiger partial charge in [-0.1, -0.05) is 54.1 Å². The third kappa shape index (κ3) is 5.33. The van der Waals surface area contributed by atoms with Crippen molar-refractivity contribution in [3.63, 3.8) is 0 Å². The number of nitrogens with zero attached hydrogens (tertiary/aromatic N) is 4. The molecule has 0 saturated carbocycles. The van der Waals surface area contributed by atoms with Crippen molar-refractivity contribution in [3.05, 3.63) is 82.4 Å². The van der Waals surface area contributed by atoms with Gasteiger partial charge in [0.05, 0.1) is 19.1 Å². The molecular weight excluding hydrogens is 372 g/mol. The van der Waals surface area contributed by atoms with Crippen LogP contribution in [0, 0.1) is 6.92 Å². The Balaban J connectivity index is 1.74. The van der Waals surface area contributed by atoms with Crippen LogP contribution in [0.5, 0.6) is 0 Å². The summed E-state index contributed by atoms with van der Waals surface area (Å²) in [6.07, 6.45) is 0. The average Bonchev–Trinajstić information content (AvgIpc) is 3.02. The normalized spacial score (nSPS) is 12.6. The van der Waals surface area contributed by atoms with E-state index < -0.39 is 0 Å². The summed E-state index contributed by atoms with van der Waals surface area (Å²) in [4.78, 5) is 4.73. The quantitative estimate of drug-likeness (QED) is 0.491. The molecule has 146 valence electrons. The van der Waals surface area contributed by atoms with E-state index in [0.717, 1.165) is 17.2 Å². The lowest BCUT2D eigenvalue weighted by Gasteiger charge is -2.18. The summed E-state index contributed by atoms with van der Waals surface area (Å²) in [6.45, 7) is 5.09. The molecule has 28 heavy (non-hydrogen) atoms. The highest BCUT2D eigenvalue weighted by Gasteiger charge is 2.10. The standard InChI is InChI=1S/C21H25ClN6/c1-15(18-9-5-4-6-10-18)25-21(23-13-17-8-7-11-19(22)12-17)24-14-20-27-26-16(2)28(20)3/h4-12,15H,13-14H2,1-3H3,(H2,23,24,25). The van der Waals surface area contributed by atoms with Crippen molar-refractivity contribution >= 4 is 17.6 Å². The van der Waals surface area contributed by atoms with Crippen LogP contribution < -0.4 is 10.6 Å². The maximum Gasteiger partial charge on any atom is 0.192 e. The van der Waals surface area contributed by atoms with E-state index >= 15 is 0 Å². The molecule has 2 N–H and O–H groups in total. The molecule has 3 rings (SSSR count). The number of hydrogen-bond acceptors (Lipinski definition) is 3. The van der Waals surface area contributed by atoms with E-state index in [9.17, 15) is 0 Å². The molecule has 0 fully saturated rings. The fourth-order valence-corrected chi connectivity index (χ4v) is 2.97. The van der Waals surface area contributed by atoms with Gasteiger partial charge in [-0.15, -0.1) is 10.2 Å². The molecule has 0 aliphatic heterocycles. The molecule has 2 aromatic carbocycles. The molecule has 0 saturated heterocycles. The Hall–Kier alpha value is -2.86. The van der Waals surface area contributed by atoms with E-state index in [0.29, 0.717) is 24.1 Å². The molecule has 0 radical (unpaired) electrons. The van der Waals surface area contributed by atoms with E-state index in [-0.39, 0.29) is 6.04 Å². The maximum atomic E-state index is 6.09. The van der Waals surface area contributed by atoms with Gasteiger partial charge in [-0.25, -0.2) is 4.99 Å². The van der Waals surface area contributed by atoms with E-state index in [4.69, 9.17) is 16.6 Å². The lowest BCUT2D eigenvalue weighted by molar-refractivity contribution is 0.664. The predicted molar refractivity (Wildman–Crippen MR) is 113 cm³/mol. The summed E-state index contributed by atoms with van der Waals surface area (Å²) in [5.41, 5.74) is 2.24. The van der Waals surface area contributed by atoms with Gasteiger partial charge < -0.3 is 15.2 Å². The van der Waals surface area contributed by atoms with Gasteiger partial charge in [-0.3, -0.25) is 0 Å². The van der Waals surface area contributed by atoms with Crippen molar-refractivity contribution in [1.82, 2.24) is 25.4 Å². The highest BCUT2D eigenvalue weighted by atomic mass is 35.5. The Morgan fingerprint density at radius 1 is 1.14 bits per heavy atom. The smallest absolute Gasteiger partial charge is 0.192 e. The molecule has 0 bridgehead atoms. The number of nitrogens with one attached hydrogen (secondary N) is 2. The SMILES string of the molecule is Cc1nnc(CNC(=NCc2cccc(Cl)c2)NC(C)c2ccccc2)n1C. The zero-order valence-corrected chi connectivity index (χ0v) is 17.1. The first-order valence-corrected chi connectivity index (χ1v) is 9.60. The van der Waals surface area contributed by atoms with Crippen LogP contribution >= 0.6 is 11.6 Å². The van der Waals surface area contributed by atoms with Gasteiger partial charge in [0.1, 0.15) is 5.82 Å². The van der Waals surface area contributed by atoms with Gasteiger partial charge in [0.15, 0.2) is 11.8 Å². The molecule has 0 spiro atoms. The molecule has 1 unspecified atom stereocenters. The monoisotopic (exact) mass is 396 g/mol. The van der Waals surface area contributed by atoms with Gasteiger partial charge in [0.25, 0.3) is 0 Å². The average molecular weight is 397 g/mol. The minimum absolute atomic E-state index is 0.105. The number of rotatable bonds is 6. The largest absolute Gasteiger partial charge is 0.350 e. The summed E-state index contributed by atoms with van der Waals surface area (Å²) in [7, 11) is 1.95. The van der Waals surface area contributed by atoms with Gasteiger partial charge in [0, 0.05) is 12.1 Å². The number of hydrogen-bond donors (Lipinski definition) is 2. The Labute approximate surface area is 170 Å². The second-order valence-corrected chi connectivity index (χ2v) is 7.08. The lowest BCUT2D eigenvalue weighted by atomic mass is 10.1. The zero-order valence-electron chi connectivity index (χ0n) is 16.4. The minimum Gasteiger partial charge on any atom is -0.350 e. The van der Waals surface area contributed by atoms with Crippen LogP contribution in [-0.4, -0.2) is 20.7 Å². The molecule has 1 heterocycles. The van der Waals surface area contributed by atoms with Crippen LogP contribution in [0.1, 0.15) is 35.7 Å². The van der Waals surface area contributed by atoms with Crippen LogP contribution in [0.25, 0.3) is 0 Å². The Morgan fingerprint density at radius 3 is 2.61 bits per heavy atom. The topological polar surface area (TPSA) is 67.1 Å². The summed E-state index contributed by atoms with van der Waals surface area (Å²) < 4.78 is 1.96. The lowest BCUT2D eigenvalue weighted by Crippen LogP contribution is -2.39. The third-order valence-electron chi connectivity index (χ3n) is 4.56. The number of aryl methyl sites for hydroxylation is 1. The van der Waals surface area contributed by atoms with Crippen molar-refractivity contribution < 1.29 is 0 Å². The maximum absolute atomic E-state index is 6.09. The third-order valence-corrected chi connectivity index (χ3v) is 4.79. The van der Waals surface area contributed by atoms with Gasteiger partial charge in [-0.2, -0.15) is 0 Å². The summed E-state index contributed by atoms with van der Waals surface area (Å²) in [5.74, 6) is 2.43. The Bertz CT molecular complexity index is 935. The number of aliphatic imine (C=N–C) groups is 1. The summed E-state index contributed by atoms with van der Waals surface area (Å²) in [5, 5.41) is 15.8. The van der Waals surface area contributed by atoms with Crippen LogP contribution in [0.4, 0.5) is 0 Å². The molecular formula is C21H25ClN6. The summed E-state index contributed by atoms with van der Waals surface area (Å²) in [6, 6.07) is 18.1. The number of benzene rings is 2. The van der Waals surface area contributed by atoms with Gasteiger partial charge >= 0.3 is 0 Å². The van der Waals surface area contributed by atoms with E-state index in [1.807, 2.05) is 61.0 Å². The molecule has 6 nitrogen and oxygen atoms in total. The number of guanidine groups is 1. The first-order valence-electron chi connectivity index (χ1n) is 9.22. The van der Waals surface area contributed by atoms with E-state index in [1.54, 1.807) is 0 Å². The molecule has 0 aliphatic carbocycles. The Kier molecular flexibility index (Phi) is 6.66. The summed E-state index contributed by atoms with van der Waals surface area (Å²) >= 11 is 6.09. The molecule has 0 aliphatic rings. The molecule has 7 heteroatoms. The zero-order chi connectivity index (χ0) is 19.9. The van der Waals surface area contributed by atoms with Crippen molar-refractivity contribution in [2.24, 2.45) is 12.0 Å². The van der Waals surface area contributed by atoms with Crippen LogP contribution in [0.2, 0.25) is 5.02 Å². The highest BCUT2D eigenvalue weighted by Crippen LogP contribution is 2.13. The van der Waals surface area contributed by atoms with Crippen LogP contribution in [0.15, 0.2) is 59.6 Å². The number of aromatic nitrogens is 3. The molecule has 0 amide bonds. The minimum atomic E-state index is 0.105. The Morgan fingerprint density at radius 2 is 1.93 bits per heavy atom. The first-order chi connectivity index (χ1) is 13.5. The molecule has 3 aromatic rings. The van der Waals surface area contributed by atoms with Gasteiger partial charge in [-0.05, 0) is 37.1 Å². The first kappa shape index (κ1) is 19.9. The van der Waals surface area contributed by atoms with E-state index in [1.165, 1.54) is 5.56 Å². The van der Waals surface area contributed by atoms with Crippen molar-refractivity contribution in [1.29, 1.82) is 0 Å². The second kappa shape index (κ2) is 9.37.